The van der Waals surface area contributed by atoms with Gasteiger partial charge in [-0.3, -0.25) is 9.69 Å². The second-order valence-corrected chi connectivity index (χ2v) is 6.61. The molecule has 0 unspecified atom stereocenters. The number of hydrogen-bond donors (Lipinski definition) is 1. The van der Waals surface area contributed by atoms with E-state index in [4.69, 9.17) is 0 Å². The summed E-state index contributed by atoms with van der Waals surface area (Å²) >= 11 is 0. The second kappa shape index (κ2) is 7.15. The third-order valence-corrected chi connectivity index (χ3v) is 4.63. The van der Waals surface area contributed by atoms with Gasteiger partial charge in [0, 0.05) is 23.1 Å². The van der Waals surface area contributed by atoms with Gasteiger partial charge in [0.25, 0.3) is 5.91 Å². The maximum atomic E-state index is 13.9. The monoisotopic (exact) mass is 375 g/mol. The van der Waals surface area contributed by atoms with Crippen molar-refractivity contribution in [3.05, 3.63) is 95.2 Å². The van der Waals surface area contributed by atoms with Crippen LogP contribution in [-0.2, 0) is 11.3 Å². The molecule has 28 heavy (non-hydrogen) atoms. The van der Waals surface area contributed by atoms with Crippen molar-refractivity contribution in [3.63, 3.8) is 0 Å². The van der Waals surface area contributed by atoms with Gasteiger partial charge in [-0.2, -0.15) is 0 Å². The van der Waals surface area contributed by atoms with Gasteiger partial charge < -0.3 is 9.88 Å². The average Bonchev–Trinajstić information content (AvgIpc) is 3.24. The van der Waals surface area contributed by atoms with Crippen molar-refractivity contribution >= 4 is 18.0 Å². The minimum absolute atomic E-state index is 0.117. The number of benzene rings is 2. The van der Waals surface area contributed by atoms with Crippen LogP contribution in [0.4, 0.5) is 9.18 Å². The van der Waals surface area contributed by atoms with Crippen molar-refractivity contribution < 1.29 is 14.0 Å². The number of halogens is 1. The zero-order valence-electron chi connectivity index (χ0n) is 15.2. The quantitative estimate of drug-likeness (QED) is 0.553. The summed E-state index contributed by atoms with van der Waals surface area (Å²) < 4.78 is 15.8. The van der Waals surface area contributed by atoms with E-state index >= 15 is 0 Å². The Labute approximate surface area is 161 Å². The summed E-state index contributed by atoms with van der Waals surface area (Å²) in [6, 6.07) is 17.2. The Morgan fingerprint density at radius 2 is 1.75 bits per heavy atom. The van der Waals surface area contributed by atoms with Crippen molar-refractivity contribution in [2.24, 2.45) is 0 Å². The van der Waals surface area contributed by atoms with E-state index in [0.717, 1.165) is 21.8 Å². The molecule has 0 atom stereocenters. The van der Waals surface area contributed by atoms with Gasteiger partial charge in [-0.25, -0.2) is 9.18 Å². The number of urea groups is 1. The number of aryl methyl sites for hydroxylation is 1. The highest BCUT2D eigenvalue weighted by Gasteiger charge is 2.34. The molecular weight excluding hydrogens is 357 g/mol. The third kappa shape index (κ3) is 3.32. The smallest absolute Gasteiger partial charge is 0.317 e. The van der Waals surface area contributed by atoms with E-state index in [1.165, 1.54) is 6.07 Å². The van der Waals surface area contributed by atoms with Crippen LogP contribution in [0.3, 0.4) is 0 Å². The first-order valence-corrected chi connectivity index (χ1v) is 8.85. The van der Waals surface area contributed by atoms with E-state index in [9.17, 15) is 14.0 Å². The maximum absolute atomic E-state index is 13.9. The van der Waals surface area contributed by atoms with Crippen LogP contribution in [0.2, 0.25) is 0 Å². The molecule has 1 aliphatic heterocycles. The van der Waals surface area contributed by atoms with Gasteiger partial charge in [-0.15, -0.1) is 0 Å². The third-order valence-electron chi connectivity index (χ3n) is 4.63. The lowest BCUT2D eigenvalue weighted by atomic mass is 10.2. The molecule has 1 fully saturated rings. The molecule has 2 heterocycles. The maximum Gasteiger partial charge on any atom is 0.329 e. The molecule has 1 aliphatic rings. The minimum atomic E-state index is -0.562. The molecule has 3 aromatic rings. The lowest BCUT2D eigenvalue weighted by Gasteiger charge is -2.12. The molecule has 0 aliphatic carbocycles. The molecule has 0 radical (unpaired) electrons. The largest absolute Gasteiger partial charge is 0.329 e. The number of nitrogens with one attached hydrogen (secondary N) is 1. The lowest BCUT2D eigenvalue weighted by Crippen LogP contribution is -2.30. The molecule has 6 heteroatoms. The molecule has 1 aromatic heterocycles. The number of aromatic nitrogens is 1. The molecular formula is C22H18FN3O2. The SMILES string of the molecule is Cc1ccc(-n2cccc2/C=C2/NC(=O)N(Cc3ccccc3F)C2=O)cc1. The first-order chi connectivity index (χ1) is 13.5. The first kappa shape index (κ1) is 17.7. The zero-order valence-corrected chi connectivity index (χ0v) is 15.2. The molecule has 0 saturated carbocycles. The van der Waals surface area contributed by atoms with Crippen molar-refractivity contribution in [1.82, 2.24) is 14.8 Å². The summed E-state index contributed by atoms with van der Waals surface area (Å²) in [7, 11) is 0. The van der Waals surface area contributed by atoms with E-state index < -0.39 is 17.8 Å². The van der Waals surface area contributed by atoms with Gasteiger partial charge in [0.15, 0.2) is 0 Å². The first-order valence-electron chi connectivity index (χ1n) is 8.85. The fourth-order valence-corrected chi connectivity index (χ4v) is 3.11. The van der Waals surface area contributed by atoms with Crippen LogP contribution < -0.4 is 5.32 Å². The summed E-state index contributed by atoms with van der Waals surface area (Å²) in [4.78, 5) is 26.0. The highest BCUT2D eigenvalue weighted by molar-refractivity contribution is 6.13. The number of carbonyl (C=O) groups is 2. The average molecular weight is 375 g/mol. The Bertz CT molecular complexity index is 1080. The lowest BCUT2D eigenvalue weighted by molar-refractivity contribution is -0.123. The van der Waals surface area contributed by atoms with Crippen molar-refractivity contribution in [1.29, 1.82) is 0 Å². The van der Waals surface area contributed by atoms with Crippen molar-refractivity contribution in [3.8, 4) is 5.69 Å². The van der Waals surface area contributed by atoms with E-state index in [1.54, 1.807) is 24.3 Å². The number of rotatable bonds is 4. The van der Waals surface area contributed by atoms with E-state index in [1.807, 2.05) is 54.1 Å². The number of carbonyl (C=O) groups excluding carboxylic acids is 2. The van der Waals surface area contributed by atoms with Crippen LogP contribution in [0.25, 0.3) is 11.8 Å². The van der Waals surface area contributed by atoms with E-state index in [2.05, 4.69) is 5.32 Å². The molecule has 3 amide bonds. The van der Waals surface area contributed by atoms with Crippen LogP contribution in [-0.4, -0.2) is 21.4 Å². The highest BCUT2D eigenvalue weighted by Crippen LogP contribution is 2.20. The Balaban J connectivity index is 1.61. The molecule has 140 valence electrons. The molecule has 1 saturated heterocycles. The zero-order chi connectivity index (χ0) is 19.7. The van der Waals surface area contributed by atoms with Crippen molar-refractivity contribution in [2.75, 3.05) is 0 Å². The van der Waals surface area contributed by atoms with Crippen LogP contribution in [0.1, 0.15) is 16.8 Å². The van der Waals surface area contributed by atoms with Gasteiger partial charge >= 0.3 is 6.03 Å². The Hall–Kier alpha value is -3.67. The number of amides is 3. The number of nitrogens with zero attached hydrogens (tertiary/aromatic N) is 2. The molecule has 4 rings (SSSR count). The Morgan fingerprint density at radius 3 is 2.50 bits per heavy atom. The van der Waals surface area contributed by atoms with Crippen LogP contribution >= 0.6 is 0 Å². The van der Waals surface area contributed by atoms with Crippen LogP contribution in [0.5, 0.6) is 0 Å². The predicted molar refractivity (Wildman–Crippen MR) is 104 cm³/mol. The highest BCUT2D eigenvalue weighted by atomic mass is 19.1. The molecule has 5 nitrogen and oxygen atoms in total. The predicted octanol–water partition coefficient (Wildman–Crippen LogP) is 4.02. The molecule has 1 N–H and O–H groups in total. The number of hydrogen-bond acceptors (Lipinski definition) is 2. The summed E-state index contributed by atoms with van der Waals surface area (Å²) in [6.45, 7) is 1.90. The summed E-state index contributed by atoms with van der Waals surface area (Å²) in [5.41, 5.74) is 3.30. The Kier molecular flexibility index (Phi) is 4.53. The van der Waals surface area contributed by atoms with Gasteiger partial charge in [-0.05, 0) is 43.3 Å². The van der Waals surface area contributed by atoms with E-state index in [-0.39, 0.29) is 17.8 Å². The fraction of sp³-hybridized carbons (Fsp3) is 0.0909. The topological polar surface area (TPSA) is 54.3 Å². The standard InChI is InChI=1S/C22H18FN3O2/c1-15-8-10-17(11-9-15)25-12-4-6-18(25)13-20-21(27)26(22(28)24-20)14-16-5-2-3-7-19(16)23/h2-13H,14H2,1H3,(H,24,28)/b20-13+. The molecule has 0 bridgehead atoms. The fourth-order valence-electron chi connectivity index (χ4n) is 3.11. The molecule has 2 aromatic carbocycles. The number of imide groups is 1. The van der Waals surface area contributed by atoms with Gasteiger partial charge in [0.1, 0.15) is 11.5 Å². The summed E-state index contributed by atoms with van der Waals surface area (Å²) in [6.07, 6.45) is 3.51. The minimum Gasteiger partial charge on any atom is -0.317 e. The Morgan fingerprint density at radius 1 is 1.00 bits per heavy atom. The second-order valence-electron chi connectivity index (χ2n) is 6.61. The molecule has 0 spiro atoms. The van der Waals surface area contributed by atoms with Crippen LogP contribution in [0, 0.1) is 12.7 Å². The van der Waals surface area contributed by atoms with Gasteiger partial charge in [0.05, 0.1) is 6.54 Å². The van der Waals surface area contributed by atoms with Crippen LogP contribution in [0.15, 0.2) is 72.6 Å². The normalized spacial score (nSPS) is 15.4. The van der Waals surface area contributed by atoms with E-state index in [0.29, 0.717) is 0 Å². The van der Waals surface area contributed by atoms with Crippen molar-refractivity contribution in [2.45, 2.75) is 13.5 Å². The van der Waals surface area contributed by atoms with Gasteiger partial charge in [-0.1, -0.05) is 35.9 Å². The summed E-state index contributed by atoms with van der Waals surface area (Å²) in [5.74, 6) is -0.932. The van der Waals surface area contributed by atoms with Gasteiger partial charge in [0.2, 0.25) is 0 Å². The summed E-state index contributed by atoms with van der Waals surface area (Å²) in [5, 5.41) is 2.58.